The van der Waals surface area contributed by atoms with Crippen molar-refractivity contribution in [2.75, 3.05) is 19.7 Å². The summed E-state index contributed by atoms with van der Waals surface area (Å²) in [4.78, 5) is 15.4. The molecule has 2 bridgehead atoms. The number of ether oxygens (including phenoxy) is 1. The predicted molar refractivity (Wildman–Crippen MR) is 132 cm³/mol. The lowest BCUT2D eigenvalue weighted by Gasteiger charge is -2.23. The Hall–Kier alpha value is -2.33. The zero-order valence-electron chi connectivity index (χ0n) is 20.2. The lowest BCUT2D eigenvalue weighted by Crippen LogP contribution is -2.33. The van der Waals surface area contributed by atoms with Gasteiger partial charge in [0.15, 0.2) is 0 Å². The molecule has 0 unspecified atom stereocenters. The van der Waals surface area contributed by atoms with Crippen LogP contribution in [-0.2, 0) is 13.0 Å². The molecule has 1 heterocycles. The summed E-state index contributed by atoms with van der Waals surface area (Å²) in [5.74, 6) is 0.906. The van der Waals surface area contributed by atoms with E-state index >= 15 is 0 Å². The largest absolute Gasteiger partial charge is 0.493 e. The Balaban J connectivity index is 1.87. The van der Waals surface area contributed by atoms with Crippen molar-refractivity contribution < 1.29 is 9.53 Å². The van der Waals surface area contributed by atoms with Crippen molar-refractivity contribution in [3.63, 3.8) is 0 Å². The second-order valence-electron chi connectivity index (χ2n) is 8.99. The van der Waals surface area contributed by atoms with Gasteiger partial charge < -0.3 is 10.1 Å². The smallest absolute Gasteiger partial charge is 0.251 e. The molecule has 1 N–H and O–H groups in total. The first-order chi connectivity index (χ1) is 15.6. The number of carbonyl (C=O) groups is 1. The zero-order valence-corrected chi connectivity index (χ0v) is 20.2. The Kier molecular flexibility index (Phi) is 9.61. The van der Waals surface area contributed by atoms with Crippen molar-refractivity contribution in [2.45, 2.75) is 78.3 Å². The van der Waals surface area contributed by atoms with E-state index in [2.05, 4.69) is 55.3 Å². The summed E-state index contributed by atoms with van der Waals surface area (Å²) in [6.45, 7) is 10.5. The minimum absolute atomic E-state index is 0.00450. The molecule has 0 saturated heterocycles. The van der Waals surface area contributed by atoms with Crippen molar-refractivity contribution >= 4 is 5.91 Å². The van der Waals surface area contributed by atoms with Crippen LogP contribution in [0.25, 0.3) is 0 Å². The van der Waals surface area contributed by atoms with E-state index in [0.717, 1.165) is 63.2 Å². The van der Waals surface area contributed by atoms with E-state index in [1.54, 1.807) is 0 Å². The van der Waals surface area contributed by atoms with Gasteiger partial charge in [-0.05, 0) is 86.5 Å². The summed E-state index contributed by atoms with van der Waals surface area (Å²) >= 11 is 0. The van der Waals surface area contributed by atoms with E-state index in [0.29, 0.717) is 5.56 Å². The number of rotatable bonds is 6. The van der Waals surface area contributed by atoms with Gasteiger partial charge in [0, 0.05) is 24.6 Å². The number of benzene rings is 2. The van der Waals surface area contributed by atoms with Crippen LogP contribution in [0.15, 0.2) is 42.5 Å². The van der Waals surface area contributed by atoms with Gasteiger partial charge >= 0.3 is 0 Å². The molecule has 2 aromatic rings. The van der Waals surface area contributed by atoms with Crippen molar-refractivity contribution in [3.8, 4) is 5.75 Å². The number of amides is 1. The molecule has 3 rings (SSSR count). The molecular weight excluding hydrogens is 396 g/mol. The van der Waals surface area contributed by atoms with Crippen molar-refractivity contribution in [1.29, 1.82) is 0 Å². The molecule has 0 spiro atoms. The van der Waals surface area contributed by atoms with Crippen LogP contribution < -0.4 is 10.1 Å². The SMILES string of the molecule is CCCN1CCCCCOc2ccc(C(=O)NC(CC)CC)cc2Cc2cccc(c2)C1. The molecule has 0 saturated carbocycles. The second-order valence-corrected chi connectivity index (χ2v) is 8.99. The fourth-order valence-electron chi connectivity index (χ4n) is 4.46. The van der Waals surface area contributed by atoms with Crippen LogP contribution in [0.2, 0.25) is 0 Å². The zero-order chi connectivity index (χ0) is 22.8. The van der Waals surface area contributed by atoms with Gasteiger partial charge in [-0.3, -0.25) is 9.69 Å². The molecule has 1 aliphatic rings. The molecule has 0 radical (unpaired) electrons. The summed E-state index contributed by atoms with van der Waals surface area (Å²) in [5, 5.41) is 3.16. The van der Waals surface area contributed by atoms with Gasteiger partial charge in [-0.1, -0.05) is 45.0 Å². The maximum Gasteiger partial charge on any atom is 0.251 e. The Morgan fingerprint density at radius 1 is 1.03 bits per heavy atom. The Bertz CT molecular complexity index is 860. The average Bonchev–Trinajstić information content (AvgIpc) is 2.80. The third kappa shape index (κ3) is 7.09. The fraction of sp³-hybridized carbons (Fsp3) is 0.536. The van der Waals surface area contributed by atoms with E-state index in [1.807, 2.05) is 18.2 Å². The summed E-state index contributed by atoms with van der Waals surface area (Å²) in [5.41, 5.74) is 4.42. The highest BCUT2D eigenvalue weighted by atomic mass is 16.5. The van der Waals surface area contributed by atoms with Gasteiger partial charge in [0.05, 0.1) is 6.61 Å². The van der Waals surface area contributed by atoms with Gasteiger partial charge in [0.25, 0.3) is 5.91 Å². The van der Waals surface area contributed by atoms with Crippen LogP contribution in [0.3, 0.4) is 0 Å². The molecule has 1 amide bonds. The number of nitrogens with zero attached hydrogens (tertiary/aromatic N) is 1. The summed E-state index contributed by atoms with van der Waals surface area (Å²) in [6.07, 6.45) is 7.26. The molecule has 174 valence electrons. The minimum Gasteiger partial charge on any atom is -0.493 e. The third-order valence-electron chi connectivity index (χ3n) is 6.35. The third-order valence-corrected chi connectivity index (χ3v) is 6.35. The van der Waals surface area contributed by atoms with Gasteiger partial charge in [-0.15, -0.1) is 0 Å². The van der Waals surface area contributed by atoms with Crippen molar-refractivity contribution in [3.05, 3.63) is 64.7 Å². The second kappa shape index (κ2) is 12.6. The maximum absolute atomic E-state index is 12.8. The molecule has 1 aliphatic heterocycles. The number of hydrogen-bond donors (Lipinski definition) is 1. The molecule has 0 aliphatic carbocycles. The number of carbonyl (C=O) groups excluding carboxylic acids is 1. The van der Waals surface area contributed by atoms with Gasteiger partial charge in [0.2, 0.25) is 0 Å². The van der Waals surface area contributed by atoms with Crippen molar-refractivity contribution in [1.82, 2.24) is 10.2 Å². The lowest BCUT2D eigenvalue weighted by molar-refractivity contribution is 0.0934. The van der Waals surface area contributed by atoms with E-state index in [-0.39, 0.29) is 11.9 Å². The van der Waals surface area contributed by atoms with E-state index in [9.17, 15) is 4.79 Å². The highest BCUT2D eigenvalue weighted by Crippen LogP contribution is 2.25. The van der Waals surface area contributed by atoms with E-state index < -0.39 is 0 Å². The van der Waals surface area contributed by atoms with Gasteiger partial charge in [0.1, 0.15) is 5.75 Å². The Morgan fingerprint density at radius 3 is 2.62 bits per heavy atom. The van der Waals surface area contributed by atoms with Crippen molar-refractivity contribution in [2.24, 2.45) is 0 Å². The standard InChI is InChI=1S/C28H40N2O2/c1-4-15-30-16-8-7-9-17-32-27-14-13-24(28(31)29-26(5-2)6-3)20-25(27)19-22-11-10-12-23(18-22)21-30/h10-14,18,20,26H,4-9,15-17,19,21H2,1-3H3,(H,29,31). The number of nitrogens with one attached hydrogen (secondary N) is 1. The normalized spacial score (nSPS) is 15.5. The summed E-state index contributed by atoms with van der Waals surface area (Å²) in [6, 6.07) is 15.0. The van der Waals surface area contributed by atoms with Crippen LogP contribution >= 0.6 is 0 Å². The highest BCUT2D eigenvalue weighted by molar-refractivity contribution is 5.94. The predicted octanol–water partition coefficient (Wildman–Crippen LogP) is 5.97. The number of hydrogen-bond acceptors (Lipinski definition) is 3. The minimum atomic E-state index is 0.00450. The van der Waals surface area contributed by atoms with Gasteiger partial charge in [-0.2, -0.15) is 0 Å². The lowest BCUT2D eigenvalue weighted by atomic mass is 9.99. The van der Waals surface area contributed by atoms with Crippen LogP contribution in [0, 0.1) is 0 Å². The molecule has 4 heteroatoms. The van der Waals surface area contributed by atoms with E-state index in [4.69, 9.17) is 4.74 Å². The Morgan fingerprint density at radius 2 is 1.84 bits per heavy atom. The van der Waals surface area contributed by atoms with Crippen LogP contribution in [0.4, 0.5) is 0 Å². The van der Waals surface area contributed by atoms with Crippen LogP contribution in [-0.4, -0.2) is 36.5 Å². The molecule has 2 aromatic carbocycles. The highest BCUT2D eigenvalue weighted by Gasteiger charge is 2.15. The molecule has 4 nitrogen and oxygen atoms in total. The quantitative estimate of drug-likeness (QED) is 0.606. The molecule has 0 aromatic heterocycles. The fourth-order valence-corrected chi connectivity index (χ4v) is 4.46. The monoisotopic (exact) mass is 436 g/mol. The molecule has 32 heavy (non-hydrogen) atoms. The first-order valence-electron chi connectivity index (χ1n) is 12.5. The Labute approximate surface area is 194 Å². The molecule has 0 fully saturated rings. The maximum atomic E-state index is 12.8. The summed E-state index contributed by atoms with van der Waals surface area (Å²) in [7, 11) is 0. The molecule has 0 atom stereocenters. The van der Waals surface area contributed by atoms with Crippen LogP contribution in [0.1, 0.15) is 86.3 Å². The first-order valence-corrected chi connectivity index (χ1v) is 12.5. The topological polar surface area (TPSA) is 41.6 Å². The summed E-state index contributed by atoms with van der Waals surface area (Å²) < 4.78 is 6.19. The molecular formula is C28H40N2O2. The van der Waals surface area contributed by atoms with E-state index in [1.165, 1.54) is 30.4 Å². The van der Waals surface area contributed by atoms with Gasteiger partial charge in [-0.25, -0.2) is 0 Å². The van der Waals surface area contributed by atoms with Crippen LogP contribution in [0.5, 0.6) is 5.75 Å². The number of fused-ring (bicyclic) bond motifs is 3. The average molecular weight is 437 g/mol. The first kappa shape index (κ1) is 24.3.